The van der Waals surface area contributed by atoms with Gasteiger partial charge in [-0.25, -0.2) is 9.97 Å². The van der Waals surface area contributed by atoms with Crippen LogP contribution in [0.1, 0.15) is 12.6 Å². The Balaban J connectivity index is 1.73. The molecule has 0 amide bonds. The lowest BCUT2D eigenvalue weighted by molar-refractivity contribution is -0.755. The quantitative estimate of drug-likeness (QED) is 0.695. The number of imidazole rings is 1. The summed E-state index contributed by atoms with van der Waals surface area (Å²) in [7, 11) is 1.73. The molecule has 8 heteroatoms. The molecule has 1 aliphatic heterocycles. The normalized spacial score (nSPS) is 16.3. The number of aromatic amines is 1. The molecule has 3 aromatic rings. The molecule has 1 saturated heterocycles. The van der Waals surface area contributed by atoms with Crippen molar-refractivity contribution >= 4 is 11.5 Å². The van der Waals surface area contributed by atoms with Crippen LogP contribution in [0.5, 0.6) is 0 Å². The lowest BCUT2D eigenvalue weighted by atomic mass is 10.2. The summed E-state index contributed by atoms with van der Waals surface area (Å²) in [5.41, 5.74) is 4.05. The average Bonchev–Trinajstić information content (AvgIpc) is 3.24. The molecular formula is C18H25N6O2+. The van der Waals surface area contributed by atoms with Gasteiger partial charge in [0.15, 0.2) is 18.0 Å². The number of morpholine rings is 1. The van der Waals surface area contributed by atoms with Gasteiger partial charge in [0, 0.05) is 32.6 Å². The molecule has 1 fully saturated rings. The molecule has 26 heavy (non-hydrogen) atoms. The van der Waals surface area contributed by atoms with E-state index in [4.69, 9.17) is 14.5 Å². The largest absolute Gasteiger partial charge is 0.378 e. The van der Waals surface area contributed by atoms with E-state index < -0.39 is 0 Å². The third-order valence-corrected chi connectivity index (χ3v) is 4.82. The molecule has 0 radical (unpaired) electrons. The van der Waals surface area contributed by atoms with Gasteiger partial charge in [-0.15, -0.1) is 4.68 Å². The maximum atomic E-state index is 5.46. The molecule has 0 unspecified atom stereocenters. The van der Waals surface area contributed by atoms with E-state index in [1.807, 2.05) is 37.1 Å². The number of fused-ring (bicyclic) bond motifs is 1. The van der Waals surface area contributed by atoms with Crippen LogP contribution in [0.4, 0.5) is 5.82 Å². The average molecular weight is 357 g/mol. The zero-order valence-electron chi connectivity index (χ0n) is 15.5. The summed E-state index contributed by atoms with van der Waals surface area (Å²) in [6.45, 7) is 8.00. The van der Waals surface area contributed by atoms with E-state index in [-0.39, 0.29) is 6.10 Å². The van der Waals surface area contributed by atoms with Gasteiger partial charge < -0.3 is 14.4 Å². The summed E-state index contributed by atoms with van der Waals surface area (Å²) in [5, 5.41) is 3.28. The Hall–Kier alpha value is -2.45. The fraction of sp³-hybridized carbons (Fsp3) is 0.500. The molecule has 0 bridgehead atoms. The minimum atomic E-state index is 0.145. The Morgan fingerprint density at radius 3 is 2.96 bits per heavy atom. The van der Waals surface area contributed by atoms with Crippen molar-refractivity contribution < 1.29 is 14.2 Å². The number of nitrogens with one attached hydrogen (secondary N) is 1. The van der Waals surface area contributed by atoms with E-state index in [1.54, 1.807) is 7.11 Å². The summed E-state index contributed by atoms with van der Waals surface area (Å²) >= 11 is 0. The minimum absolute atomic E-state index is 0.145. The summed E-state index contributed by atoms with van der Waals surface area (Å²) in [6, 6.07) is 0. The summed E-state index contributed by atoms with van der Waals surface area (Å²) in [5.74, 6) is 0.918. The van der Waals surface area contributed by atoms with E-state index >= 15 is 0 Å². The SMILES string of the molecule is CO[C@@H](C)C[n+]1cc(-c2c(C)nc3c(N4CCOCC4)nccn23)c[nH]1. The van der Waals surface area contributed by atoms with Gasteiger partial charge >= 0.3 is 0 Å². The van der Waals surface area contributed by atoms with E-state index in [1.165, 1.54) is 0 Å². The highest BCUT2D eigenvalue weighted by atomic mass is 16.5. The zero-order chi connectivity index (χ0) is 18.1. The van der Waals surface area contributed by atoms with Crippen molar-refractivity contribution in [1.82, 2.24) is 19.5 Å². The number of nitrogens with zero attached hydrogens (tertiary/aromatic N) is 5. The Kier molecular flexibility index (Phi) is 4.60. The van der Waals surface area contributed by atoms with Gasteiger partial charge in [-0.05, 0) is 13.8 Å². The standard InChI is InChI=1S/C18H24N6O2/c1-13(25-3)11-23-12-15(10-20-23)16-14(2)21-18-17(19-4-5-24(16)18)22-6-8-26-9-7-22/h4-5,10,12-13H,6-9,11H2,1-3H3/p+1/t13-/m0/s1. The number of ether oxygens (including phenoxy) is 2. The number of hydrogen-bond donors (Lipinski definition) is 1. The Bertz CT molecular complexity index is 896. The lowest BCUT2D eigenvalue weighted by Gasteiger charge is -2.27. The Morgan fingerprint density at radius 1 is 1.38 bits per heavy atom. The van der Waals surface area contributed by atoms with Crippen molar-refractivity contribution in [2.24, 2.45) is 0 Å². The maximum Gasteiger partial charge on any atom is 0.204 e. The highest BCUT2D eigenvalue weighted by Crippen LogP contribution is 2.27. The van der Waals surface area contributed by atoms with Crippen LogP contribution >= 0.6 is 0 Å². The van der Waals surface area contributed by atoms with Crippen molar-refractivity contribution in [3.05, 3.63) is 30.5 Å². The second kappa shape index (κ2) is 7.05. The van der Waals surface area contributed by atoms with Crippen LogP contribution in [-0.4, -0.2) is 59.0 Å². The maximum absolute atomic E-state index is 5.46. The van der Waals surface area contributed by atoms with Crippen LogP contribution in [0.25, 0.3) is 16.9 Å². The van der Waals surface area contributed by atoms with E-state index in [0.29, 0.717) is 0 Å². The smallest absolute Gasteiger partial charge is 0.204 e. The second-order valence-electron chi connectivity index (χ2n) is 6.65. The topological polar surface area (TPSA) is 71.6 Å². The molecule has 0 spiro atoms. The van der Waals surface area contributed by atoms with E-state index in [0.717, 1.165) is 61.3 Å². The van der Waals surface area contributed by atoms with Crippen LogP contribution in [0.15, 0.2) is 24.8 Å². The van der Waals surface area contributed by atoms with Crippen molar-refractivity contribution in [2.45, 2.75) is 26.5 Å². The van der Waals surface area contributed by atoms with Crippen molar-refractivity contribution in [3.8, 4) is 11.3 Å². The fourth-order valence-corrected chi connectivity index (χ4v) is 3.40. The van der Waals surface area contributed by atoms with Gasteiger partial charge in [0.05, 0.1) is 36.4 Å². The lowest BCUT2D eigenvalue weighted by Crippen LogP contribution is -2.40. The molecule has 138 valence electrons. The summed E-state index contributed by atoms with van der Waals surface area (Å²) in [4.78, 5) is 11.7. The zero-order valence-corrected chi connectivity index (χ0v) is 15.5. The van der Waals surface area contributed by atoms with Crippen molar-refractivity contribution in [2.75, 3.05) is 38.3 Å². The number of hydrogen-bond acceptors (Lipinski definition) is 5. The highest BCUT2D eigenvalue weighted by Gasteiger charge is 2.22. The highest BCUT2D eigenvalue weighted by molar-refractivity contribution is 5.72. The first-order valence-electron chi connectivity index (χ1n) is 8.94. The van der Waals surface area contributed by atoms with Crippen LogP contribution in [0, 0.1) is 6.92 Å². The first kappa shape index (κ1) is 17.0. The summed E-state index contributed by atoms with van der Waals surface area (Å²) < 4.78 is 15.0. The molecule has 1 aliphatic rings. The molecule has 0 saturated carbocycles. The van der Waals surface area contributed by atoms with Crippen molar-refractivity contribution in [3.63, 3.8) is 0 Å². The number of rotatable bonds is 5. The molecule has 3 aromatic heterocycles. The fourth-order valence-electron chi connectivity index (χ4n) is 3.40. The third-order valence-electron chi connectivity index (χ3n) is 4.82. The van der Waals surface area contributed by atoms with Gasteiger partial charge in [-0.2, -0.15) is 5.10 Å². The predicted octanol–water partition coefficient (Wildman–Crippen LogP) is 1.19. The van der Waals surface area contributed by atoms with Gasteiger partial charge in [-0.3, -0.25) is 4.40 Å². The van der Waals surface area contributed by atoms with Gasteiger partial charge in [0.2, 0.25) is 6.20 Å². The molecule has 1 atom stereocenters. The molecule has 4 heterocycles. The van der Waals surface area contributed by atoms with E-state index in [9.17, 15) is 0 Å². The van der Waals surface area contributed by atoms with Gasteiger partial charge in [-0.1, -0.05) is 0 Å². The number of H-pyrrole nitrogens is 1. The first-order valence-corrected chi connectivity index (χ1v) is 8.94. The number of aromatic nitrogens is 5. The summed E-state index contributed by atoms with van der Waals surface area (Å²) in [6.07, 6.45) is 8.07. The van der Waals surface area contributed by atoms with Crippen molar-refractivity contribution in [1.29, 1.82) is 0 Å². The minimum Gasteiger partial charge on any atom is -0.378 e. The van der Waals surface area contributed by atoms with Crippen LogP contribution in [-0.2, 0) is 16.0 Å². The predicted molar refractivity (Wildman–Crippen MR) is 97.2 cm³/mol. The van der Waals surface area contributed by atoms with E-state index in [2.05, 4.69) is 25.6 Å². The molecule has 8 nitrogen and oxygen atoms in total. The Morgan fingerprint density at radius 2 is 2.19 bits per heavy atom. The third kappa shape index (κ3) is 3.06. The Labute approximate surface area is 152 Å². The molecular weight excluding hydrogens is 332 g/mol. The van der Waals surface area contributed by atoms with Gasteiger partial charge in [0.1, 0.15) is 6.10 Å². The van der Waals surface area contributed by atoms with Crippen LogP contribution in [0.2, 0.25) is 0 Å². The molecule has 0 aromatic carbocycles. The molecule has 1 N–H and O–H groups in total. The first-order chi connectivity index (χ1) is 12.7. The number of aryl methyl sites for hydroxylation is 1. The second-order valence-corrected chi connectivity index (χ2v) is 6.65. The number of methoxy groups -OCH3 is 1. The van der Waals surface area contributed by atoms with Crippen LogP contribution < -0.4 is 9.58 Å². The monoisotopic (exact) mass is 357 g/mol. The number of anilines is 1. The molecule has 4 rings (SSSR count). The molecule has 0 aliphatic carbocycles. The van der Waals surface area contributed by atoms with Crippen LogP contribution in [0.3, 0.4) is 0 Å². The van der Waals surface area contributed by atoms with Gasteiger partial charge in [0.25, 0.3) is 0 Å².